The van der Waals surface area contributed by atoms with Gasteiger partial charge in [0.05, 0.1) is 18.5 Å². The van der Waals surface area contributed by atoms with Gasteiger partial charge in [0, 0.05) is 13.1 Å². The second kappa shape index (κ2) is 6.21. The van der Waals surface area contributed by atoms with Crippen LogP contribution >= 0.6 is 11.6 Å². The van der Waals surface area contributed by atoms with E-state index in [9.17, 15) is 15.2 Å². The number of hydrogen-bond donors (Lipinski definition) is 1. The van der Waals surface area contributed by atoms with E-state index in [1.807, 2.05) is 4.90 Å². The van der Waals surface area contributed by atoms with Crippen molar-refractivity contribution in [3.05, 3.63) is 16.4 Å². The topological polar surface area (TPSA) is 84.4 Å². The standard InChI is InChI=1S/C11H17ClN4O3/c12-6-9(17)7-15-8-13-10(16(18)19)11(15)14-4-2-1-3-5-14/h8-9,17H,1-7H2. The number of hydrogen-bond acceptors (Lipinski definition) is 5. The molecule has 0 radical (unpaired) electrons. The number of anilines is 1. The lowest BCUT2D eigenvalue weighted by Crippen LogP contribution is -2.32. The van der Waals surface area contributed by atoms with Gasteiger partial charge in [-0.3, -0.25) is 4.57 Å². The van der Waals surface area contributed by atoms with Crippen LogP contribution in [0.25, 0.3) is 0 Å². The van der Waals surface area contributed by atoms with Gasteiger partial charge in [-0.15, -0.1) is 11.6 Å². The van der Waals surface area contributed by atoms with Crippen molar-refractivity contribution in [2.24, 2.45) is 0 Å². The number of nitro groups is 1. The van der Waals surface area contributed by atoms with Crippen LogP contribution < -0.4 is 4.90 Å². The molecule has 0 spiro atoms. The van der Waals surface area contributed by atoms with Crippen LogP contribution in [-0.2, 0) is 6.54 Å². The number of piperidine rings is 1. The summed E-state index contributed by atoms with van der Waals surface area (Å²) in [5.41, 5.74) is 0. The summed E-state index contributed by atoms with van der Waals surface area (Å²) in [4.78, 5) is 16.4. The first-order valence-corrected chi connectivity index (χ1v) is 6.85. The van der Waals surface area contributed by atoms with Crippen molar-refractivity contribution < 1.29 is 10.0 Å². The van der Waals surface area contributed by atoms with Gasteiger partial charge in [0.25, 0.3) is 0 Å². The highest BCUT2D eigenvalue weighted by Crippen LogP contribution is 2.29. The van der Waals surface area contributed by atoms with Crippen LogP contribution in [0.3, 0.4) is 0 Å². The van der Waals surface area contributed by atoms with E-state index in [-0.39, 0.29) is 18.2 Å². The molecule has 1 unspecified atom stereocenters. The predicted octanol–water partition coefficient (Wildman–Crippen LogP) is 1.38. The molecule has 7 nitrogen and oxygen atoms in total. The van der Waals surface area contributed by atoms with Gasteiger partial charge >= 0.3 is 5.82 Å². The molecule has 1 aliphatic rings. The van der Waals surface area contributed by atoms with E-state index in [0.29, 0.717) is 5.82 Å². The average Bonchev–Trinajstić information content (AvgIpc) is 2.83. The molecule has 1 saturated heterocycles. The molecule has 8 heteroatoms. The van der Waals surface area contributed by atoms with Gasteiger partial charge in [-0.25, -0.2) is 0 Å². The Balaban J connectivity index is 2.29. The molecule has 1 fully saturated rings. The van der Waals surface area contributed by atoms with Gasteiger partial charge in [-0.2, -0.15) is 0 Å². The summed E-state index contributed by atoms with van der Waals surface area (Å²) in [5.74, 6) is 0.420. The van der Waals surface area contributed by atoms with E-state index in [1.165, 1.54) is 6.33 Å². The zero-order valence-electron chi connectivity index (χ0n) is 10.5. The Morgan fingerprint density at radius 3 is 2.74 bits per heavy atom. The third-order valence-electron chi connectivity index (χ3n) is 3.21. The van der Waals surface area contributed by atoms with Crippen molar-refractivity contribution in [1.29, 1.82) is 0 Å². The molecule has 1 aromatic heterocycles. The zero-order chi connectivity index (χ0) is 13.8. The minimum Gasteiger partial charge on any atom is -0.390 e. The van der Waals surface area contributed by atoms with Gasteiger partial charge in [0.15, 0.2) is 0 Å². The third kappa shape index (κ3) is 3.16. The van der Waals surface area contributed by atoms with Crippen LogP contribution in [0, 0.1) is 10.1 Å². The predicted molar refractivity (Wildman–Crippen MR) is 71.7 cm³/mol. The lowest BCUT2D eigenvalue weighted by molar-refractivity contribution is -0.388. The van der Waals surface area contributed by atoms with Crippen molar-refractivity contribution >= 4 is 23.2 Å². The molecule has 1 aromatic rings. The molecule has 1 aliphatic heterocycles. The highest BCUT2D eigenvalue weighted by molar-refractivity contribution is 6.18. The first kappa shape index (κ1) is 14.1. The Kier molecular flexibility index (Phi) is 4.60. The number of aliphatic hydroxyl groups excluding tert-OH is 1. The molecule has 0 aliphatic carbocycles. The summed E-state index contributed by atoms with van der Waals surface area (Å²) in [6.07, 6.45) is 3.83. The fourth-order valence-corrected chi connectivity index (χ4v) is 2.43. The van der Waals surface area contributed by atoms with E-state index >= 15 is 0 Å². The summed E-state index contributed by atoms with van der Waals surface area (Å²) in [6, 6.07) is 0. The molecular formula is C11H17ClN4O3. The van der Waals surface area contributed by atoms with Gasteiger partial charge < -0.3 is 20.1 Å². The normalized spacial score (nSPS) is 17.5. The van der Waals surface area contributed by atoms with Crippen LogP contribution in [0.15, 0.2) is 6.33 Å². The molecule has 0 aromatic carbocycles. The summed E-state index contributed by atoms with van der Waals surface area (Å²) in [5, 5.41) is 20.7. The highest BCUT2D eigenvalue weighted by atomic mass is 35.5. The summed E-state index contributed by atoms with van der Waals surface area (Å²) < 4.78 is 1.62. The molecule has 0 amide bonds. The smallest absolute Gasteiger partial charge is 0.390 e. The Morgan fingerprint density at radius 1 is 1.47 bits per heavy atom. The van der Waals surface area contributed by atoms with E-state index < -0.39 is 11.0 Å². The number of rotatable bonds is 5. The largest absolute Gasteiger partial charge is 0.406 e. The van der Waals surface area contributed by atoms with Crippen LogP contribution in [-0.4, -0.2) is 44.7 Å². The van der Waals surface area contributed by atoms with Crippen molar-refractivity contribution in [2.75, 3.05) is 23.9 Å². The Hall–Kier alpha value is -1.34. The van der Waals surface area contributed by atoms with Crippen molar-refractivity contribution in [1.82, 2.24) is 9.55 Å². The highest BCUT2D eigenvalue weighted by Gasteiger charge is 2.28. The fourth-order valence-electron chi connectivity index (χ4n) is 2.33. The lowest BCUT2D eigenvalue weighted by atomic mass is 10.1. The van der Waals surface area contributed by atoms with Crippen molar-refractivity contribution in [2.45, 2.75) is 31.9 Å². The summed E-state index contributed by atoms with van der Waals surface area (Å²) in [7, 11) is 0. The molecule has 19 heavy (non-hydrogen) atoms. The Labute approximate surface area is 115 Å². The number of imidazole rings is 1. The molecular weight excluding hydrogens is 272 g/mol. The quantitative estimate of drug-likeness (QED) is 0.503. The maximum Gasteiger partial charge on any atom is 0.406 e. The fraction of sp³-hybridized carbons (Fsp3) is 0.727. The van der Waals surface area contributed by atoms with Crippen LogP contribution in [0.4, 0.5) is 11.6 Å². The maximum absolute atomic E-state index is 11.0. The second-order valence-corrected chi connectivity index (χ2v) is 4.97. The van der Waals surface area contributed by atoms with Crippen LogP contribution in [0.2, 0.25) is 0 Å². The van der Waals surface area contributed by atoms with E-state index in [0.717, 1.165) is 32.4 Å². The SMILES string of the molecule is O=[N+]([O-])c1ncn(CC(O)CCl)c1N1CCCCC1. The van der Waals surface area contributed by atoms with E-state index in [1.54, 1.807) is 4.57 Å². The van der Waals surface area contributed by atoms with E-state index in [4.69, 9.17) is 11.6 Å². The number of aromatic nitrogens is 2. The molecule has 1 atom stereocenters. The minimum atomic E-state index is -0.737. The minimum absolute atomic E-state index is 0.0887. The molecule has 0 saturated carbocycles. The van der Waals surface area contributed by atoms with Crippen LogP contribution in [0.5, 0.6) is 0 Å². The Bertz CT molecular complexity index is 445. The Morgan fingerprint density at radius 2 is 2.16 bits per heavy atom. The van der Waals surface area contributed by atoms with Crippen molar-refractivity contribution in [3.63, 3.8) is 0 Å². The summed E-state index contributed by atoms with van der Waals surface area (Å²) in [6.45, 7) is 1.78. The first-order valence-electron chi connectivity index (χ1n) is 6.32. The molecule has 0 bridgehead atoms. The van der Waals surface area contributed by atoms with E-state index in [2.05, 4.69) is 4.98 Å². The molecule has 1 N–H and O–H groups in total. The van der Waals surface area contributed by atoms with Crippen molar-refractivity contribution in [3.8, 4) is 0 Å². The van der Waals surface area contributed by atoms with Gasteiger partial charge in [0.2, 0.25) is 12.1 Å². The van der Waals surface area contributed by atoms with Gasteiger partial charge in [0.1, 0.15) is 0 Å². The number of aliphatic hydroxyl groups is 1. The second-order valence-electron chi connectivity index (χ2n) is 4.66. The average molecular weight is 289 g/mol. The number of halogens is 1. The zero-order valence-corrected chi connectivity index (χ0v) is 11.3. The monoisotopic (exact) mass is 288 g/mol. The first-order chi connectivity index (χ1) is 9.13. The lowest BCUT2D eigenvalue weighted by Gasteiger charge is -2.28. The maximum atomic E-state index is 11.0. The molecule has 2 heterocycles. The van der Waals surface area contributed by atoms with Gasteiger partial charge in [-0.1, -0.05) is 0 Å². The number of nitrogens with zero attached hydrogens (tertiary/aromatic N) is 4. The summed E-state index contributed by atoms with van der Waals surface area (Å²) >= 11 is 5.58. The molecule has 106 valence electrons. The van der Waals surface area contributed by atoms with Crippen LogP contribution in [0.1, 0.15) is 19.3 Å². The van der Waals surface area contributed by atoms with Gasteiger partial charge in [-0.05, 0) is 29.2 Å². The third-order valence-corrected chi connectivity index (χ3v) is 3.56. The molecule has 2 rings (SSSR count). The number of alkyl halides is 1.